The number of amides is 1. The number of pyridine rings is 1. The maximum Gasteiger partial charge on any atom is 0.413 e. The molecule has 0 aliphatic carbocycles. The first-order valence-corrected chi connectivity index (χ1v) is 7.55. The highest BCUT2D eigenvalue weighted by molar-refractivity contribution is 9.10. The third-order valence-corrected chi connectivity index (χ3v) is 3.75. The number of para-hydroxylation sites is 1. The number of ether oxygens (including phenoxy) is 1. The Morgan fingerprint density at radius 1 is 1.05 bits per heavy atom. The van der Waals surface area contributed by atoms with Crippen LogP contribution in [0.5, 0.6) is 0 Å². The lowest BCUT2D eigenvalue weighted by Gasteiger charge is -2.08. The lowest BCUT2D eigenvalue weighted by molar-refractivity contribution is 0.155. The van der Waals surface area contributed by atoms with Gasteiger partial charge in [-0.1, -0.05) is 42.5 Å². The molecule has 1 aromatic heterocycles. The van der Waals surface area contributed by atoms with Crippen molar-refractivity contribution < 1.29 is 9.53 Å². The fourth-order valence-corrected chi connectivity index (χ4v) is 2.51. The van der Waals surface area contributed by atoms with Crippen molar-refractivity contribution in [3.63, 3.8) is 0 Å². The molecule has 0 unspecified atom stereocenters. The molecule has 0 aliphatic heterocycles. The van der Waals surface area contributed by atoms with Crippen LogP contribution in [-0.4, -0.2) is 11.1 Å². The number of carbonyl (C=O) groups is 1. The van der Waals surface area contributed by atoms with Crippen LogP contribution in [0.4, 0.5) is 10.6 Å². The van der Waals surface area contributed by atoms with Crippen molar-refractivity contribution in [3.8, 4) is 0 Å². The first-order chi connectivity index (χ1) is 10.7. The number of halogens is 1. The highest BCUT2D eigenvalue weighted by Gasteiger charge is 2.07. The van der Waals surface area contributed by atoms with Crippen LogP contribution in [0.25, 0.3) is 10.9 Å². The van der Waals surface area contributed by atoms with E-state index in [0.717, 1.165) is 20.9 Å². The topological polar surface area (TPSA) is 51.2 Å². The van der Waals surface area contributed by atoms with Crippen molar-refractivity contribution in [2.75, 3.05) is 5.32 Å². The molecule has 1 amide bonds. The van der Waals surface area contributed by atoms with E-state index < -0.39 is 6.09 Å². The molecule has 1 heterocycles. The molecule has 110 valence electrons. The maximum absolute atomic E-state index is 11.8. The average Bonchev–Trinajstić information content (AvgIpc) is 2.55. The van der Waals surface area contributed by atoms with Gasteiger partial charge in [0.1, 0.15) is 12.4 Å². The summed E-state index contributed by atoms with van der Waals surface area (Å²) in [4.78, 5) is 16.2. The molecule has 0 saturated carbocycles. The van der Waals surface area contributed by atoms with Gasteiger partial charge >= 0.3 is 6.09 Å². The second-order valence-corrected chi connectivity index (χ2v) is 5.55. The van der Waals surface area contributed by atoms with Crippen LogP contribution in [0, 0.1) is 0 Å². The van der Waals surface area contributed by atoms with Crippen molar-refractivity contribution in [2.24, 2.45) is 0 Å². The minimum Gasteiger partial charge on any atom is -0.444 e. The molecule has 0 spiro atoms. The van der Waals surface area contributed by atoms with Crippen molar-refractivity contribution in [1.82, 2.24) is 4.98 Å². The van der Waals surface area contributed by atoms with Crippen LogP contribution in [-0.2, 0) is 11.3 Å². The third-order valence-electron chi connectivity index (χ3n) is 3.11. The average molecular weight is 357 g/mol. The standard InChI is InChI=1S/C17H13BrN2O2/c18-14-8-4-7-13-9-10-15(19-16(13)14)20-17(21)22-11-12-5-2-1-3-6-12/h1-10H,11H2,(H,19,20,21). The second kappa shape index (κ2) is 6.58. The Balaban J connectivity index is 1.67. The summed E-state index contributed by atoms with van der Waals surface area (Å²) in [6.07, 6.45) is -0.525. The van der Waals surface area contributed by atoms with Gasteiger partial charge in [-0.2, -0.15) is 0 Å². The summed E-state index contributed by atoms with van der Waals surface area (Å²) in [6.45, 7) is 0.226. The molecule has 3 rings (SSSR count). The van der Waals surface area contributed by atoms with Gasteiger partial charge in [0.2, 0.25) is 0 Å². The van der Waals surface area contributed by atoms with Crippen LogP contribution in [0.3, 0.4) is 0 Å². The Morgan fingerprint density at radius 3 is 2.68 bits per heavy atom. The number of rotatable bonds is 3. The fraction of sp³-hybridized carbons (Fsp3) is 0.0588. The number of nitrogens with one attached hydrogen (secondary N) is 1. The Labute approximate surface area is 136 Å². The molecule has 0 radical (unpaired) electrons. The van der Waals surface area contributed by atoms with E-state index in [2.05, 4.69) is 26.2 Å². The number of carbonyl (C=O) groups excluding carboxylic acids is 1. The molecule has 5 heteroatoms. The summed E-state index contributed by atoms with van der Waals surface area (Å²) in [5, 5.41) is 3.64. The summed E-state index contributed by atoms with van der Waals surface area (Å²) < 4.78 is 6.05. The van der Waals surface area contributed by atoms with E-state index in [9.17, 15) is 4.79 Å². The Kier molecular flexibility index (Phi) is 4.34. The Hall–Kier alpha value is -2.40. The lowest BCUT2D eigenvalue weighted by Crippen LogP contribution is -2.14. The molecule has 0 saturated heterocycles. The largest absolute Gasteiger partial charge is 0.444 e. The Morgan fingerprint density at radius 2 is 1.86 bits per heavy atom. The lowest BCUT2D eigenvalue weighted by atomic mass is 10.2. The molecule has 0 fully saturated rings. The number of hydrogen-bond acceptors (Lipinski definition) is 3. The smallest absolute Gasteiger partial charge is 0.413 e. The quantitative estimate of drug-likeness (QED) is 0.736. The number of fused-ring (bicyclic) bond motifs is 1. The second-order valence-electron chi connectivity index (χ2n) is 4.69. The molecule has 0 aliphatic rings. The van der Waals surface area contributed by atoms with E-state index in [0.29, 0.717) is 5.82 Å². The molecule has 3 aromatic rings. The van der Waals surface area contributed by atoms with Gasteiger partial charge in [-0.25, -0.2) is 9.78 Å². The third kappa shape index (κ3) is 3.43. The van der Waals surface area contributed by atoms with Crippen molar-refractivity contribution >= 4 is 38.7 Å². The molecule has 4 nitrogen and oxygen atoms in total. The number of aromatic nitrogens is 1. The Bertz CT molecular complexity index is 806. The predicted molar refractivity (Wildman–Crippen MR) is 89.7 cm³/mol. The zero-order valence-corrected chi connectivity index (χ0v) is 13.2. The zero-order valence-electron chi connectivity index (χ0n) is 11.6. The van der Waals surface area contributed by atoms with E-state index in [-0.39, 0.29) is 6.61 Å². The number of anilines is 1. The SMILES string of the molecule is O=C(Nc1ccc2cccc(Br)c2n1)OCc1ccccc1. The summed E-state index contributed by atoms with van der Waals surface area (Å²) in [5.74, 6) is 0.456. The van der Waals surface area contributed by atoms with Crippen LogP contribution in [0.15, 0.2) is 65.1 Å². The van der Waals surface area contributed by atoms with E-state index in [1.54, 1.807) is 6.07 Å². The van der Waals surface area contributed by atoms with Gasteiger partial charge in [-0.15, -0.1) is 0 Å². The van der Waals surface area contributed by atoms with Gasteiger partial charge in [0, 0.05) is 9.86 Å². The summed E-state index contributed by atoms with van der Waals surface area (Å²) >= 11 is 3.45. The highest BCUT2D eigenvalue weighted by atomic mass is 79.9. The van der Waals surface area contributed by atoms with Crippen LogP contribution in [0.1, 0.15) is 5.56 Å². The molecule has 0 atom stereocenters. The van der Waals surface area contributed by atoms with Crippen LogP contribution >= 0.6 is 15.9 Å². The van der Waals surface area contributed by atoms with E-state index in [1.807, 2.05) is 54.6 Å². The molecule has 22 heavy (non-hydrogen) atoms. The van der Waals surface area contributed by atoms with Gasteiger partial charge in [0.15, 0.2) is 0 Å². The zero-order chi connectivity index (χ0) is 15.4. The highest BCUT2D eigenvalue weighted by Crippen LogP contribution is 2.23. The van der Waals surface area contributed by atoms with Gasteiger partial charge in [-0.05, 0) is 39.7 Å². The van der Waals surface area contributed by atoms with Gasteiger partial charge < -0.3 is 4.74 Å². The van der Waals surface area contributed by atoms with E-state index in [1.165, 1.54) is 0 Å². The molecular weight excluding hydrogens is 344 g/mol. The first kappa shape index (κ1) is 14.5. The predicted octanol–water partition coefficient (Wildman–Crippen LogP) is 4.75. The number of hydrogen-bond donors (Lipinski definition) is 1. The molecule has 2 aromatic carbocycles. The summed E-state index contributed by atoms with van der Waals surface area (Å²) in [7, 11) is 0. The number of nitrogens with zero attached hydrogens (tertiary/aromatic N) is 1. The molecule has 1 N–H and O–H groups in total. The van der Waals surface area contributed by atoms with Crippen molar-refractivity contribution in [3.05, 3.63) is 70.7 Å². The minimum atomic E-state index is -0.525. The molecule has 0 bridgehead atoms. The molecular formula is C17H13BrN2O2. The van der Waals surface area contributed by atoms with Crippen molar-refractivity contribution in [2.45, 2.75) is 6.61 Å². The van der Waals surface area contributed by atoms with E-state index >= 15 is 0 Å². The number of benzene rings is 2. The van der Waals surface area contributed by atoms with Crippen molar-refractivity contribution in [1.29, 1.82) is 0 Å². The minimum absolute atomic E-state index is 0.226. The maximum atomic E-state index is 11.8. The van der Waals surface area contributed by atoms with Gasteiger partial charge in [0.25, 0.3) is 0 Å². The van der Waals surface area contributed by atoms with Gasteiger partial charge in [0.05, 0.1) is 5.52 Å². The first-order valence-electron chi connectivity index (χ1n) is 6.75. The monoisotopic (exact) mass is 356 g/mol. The van der Waals surface area contributed by atoms with E-state index in [4.69, 9.17) is 4.74 Å². The van der Waals surface area contributed by atoms with Crippen LogP contribution < -0.4 is 5.32 Å². The summed E-state index contributed by atoms with van der Waals surface area (Å²) in [6, 6.07) is 19.0. The van der Waals surface area contributed by atoms with Gasteiger partial charge in [-0.3, -0.25) is 5.32 Å². The summed E-state index contributed by atoms with van der Waals surface area (Å²) in [5.41, 5.74) is 1.73. The normalized spacial score (nSPS) is 10.4. The van der Waals surface area contributed by atoms with Crippen LogP contribution in [0.2, 0.25) is 0 Å². The fourth-order valence-electron chi connectivity index (χ4n) is 2.04.